The van der Waals surface area contributed by atoms with E-state index in [0.717, 1.165) is 5.69 Å². The van der Waals surface area contributed by atoms with Gasteiger partial charge < -0.3 is 5.43 Å². The van der Waals surface area contributed by atoms with Crippen molar-refractivity contribution in [2.45, 2.75) is 20.4 Å². The first-order valence-electron chi connectivity index (χ1n) is 5.54. The number of nitrogens with one attached hydrogen (secondary N) is 1. The van der Waals surface area contributed by atoms with Crippen LogP contribution in [0.3, 0.4) is 0 Å². The van der Waals surface area contributed by atoms with Crippen LogP contribution in [0, 0.1) is 17.4 Å². The van der Waals surface area contributed by atoms with Crippen LogP contribution in [0.1, 0.15) is 17.3 Å². The summed E-state index contributed by atoms with van der Waals surface area (Å²) >= 11 is 1.96. The van der Waals surface area contributed by atoms with E-state index in [1.807, 2.05) is 29.5 Å². The summed E-state index contributed by atoms with van der Waals surface area (Å²) in [7, 11) is 0. The molecule has 0 radical (unpaired) electrons. The zero-order valence-electron chi connectivity index (χ0n) is 10.5. The Bertz CT molecular complexity index is 669. The largest absolute Gasteiger partial charge is 0.308 e. The van der Waals surface area contributed by atoms with E-state index in [0.29, 0.717) is 21.0 Å². The van der Waals surface area contributed by atoms with Gasteiger partial charge in [0.25, 0.3) is 5.56 Å². The lowest BCUT2D eigenvalue weighted by molar-refractivity contribution is 0.662. The van der Waals surface area contributed by atoms with Crippen LogP contribution in [-0.4, -0.2) is 19.5 Å². The molecule has 0 fully saturated rings. The number of hydrogen-bond donors (Lipinski definition) is 2. The number of hydrogen-bond acceptors (Lipinski definition) is 6. The Kier molecular flexibility index (Phi) is 4.10. The molecule has 8 heteroatoms. The molecular weight excluding hydrogens is 359 g/mol. The Morgan fingerprint density at radius 2 is 2.16 bits per heavy atom. The SMILES string of the molecule is Cc1cc(NN)nc(Cn2c(C)ncc(I)c2=O)n1. The van der Waals surface area contributed by atoms with Gasteiger partial charge in [-0.2, -0.15) is 0 Å². The molecule has 2 aromatic heterocycles. The van der Waals surface area contributed by atoms with Gasteiger partial charge >= 0.3 is 0 Å². The fourth-order valence-corrected chi connectivity index (χ4v) is 2.08. The van der Waals surface area contributed by atoms with E-state index < -0.39 is 0 Å². The molecule has 0 aliphatic carbocycles. The molecule has 100 valence electrons. The van der Waals surface area contributed by atoms with E-state index in [2.05, 4.69) is 20.4 Å². The summed E-state index contributed by atoms with van der Waals surface area (Å²) in [6.45, 7) is 3.88. The zero-order valence-corrected chi connectivity index (χ0v) is 12.7. The van der Waals surface area contributed by atoms with Crippen LogP contribution in [0.2, 0.25) is 0 Å². The van der Waals surface area contributed by atoms with Crippen LogP contribution < -0.4 is 16.8 Å². The summed E-state index contributed by atoms with van der Waals surface area (Å²) < 4.78 is 2.10. The Labute approximate surface area is 123 Å². The first-order chi connectivity index (χ1) is 9.01. The molecule has 7 nitrogen and oxygen atoms in total. The van der Waals surface area contributed by atoms with Gasteiger partial charge in [-0.1, -0.05) is 0 Å². The first-order valence-corrected chi connectivity index (χ1v) is 6.62. The predicted octanol–water partition coefficient (Wildman–Crippen LogP) is 0.589. The number of aryl methyl sites for hydroxylation is 2. The zero-order chi connectivity index (χ0) is 14.0. The maximum atomic E-state index is 12.1. The molecule has 0 bridgehead atoms. The molecule has 0 amide bonds. The molecule has 3 N–H and O–H groups in total. The van der Waals surface area contributed by atoms with Crippen molar-refractivity contribution in [2.75, 3.05) is 5.43 Å². The van der Waals surface area contributed by atoms with E-state index in [4.69, 9.17) is 5.84 Å². The smallest absolute Gasteiger partial charge is 0.267 e. The van der Waals surface area contributed by atoms with Gasteiger partial charge in [-0.15, -0.1) is 0 Å². The molecule has 2 aromatic rings. The Balaban J connectivity index is 2.44. The lowest BCUT2D eigenvalue weighted by atomic mass is 10.4. The highest BCUT2D eigenvalue weighted by Gasteiger charge is 2.09. The standard InChI is InChI=1S/C11H13IN6O/c1-6-3-9(17-13)16-10(15-6)5-18-7(2)14-4-8(12)11(18)19/h3-4H,5,13H2,1-2H3,(H,15,16,17). The van der Waals surface area contributed by atoms with E-state index in [1.54, 1.807) is 19.2 Å². The minimum absolute atomic E-state index is 0.0968. The van der Waals surface area contributed by atoms with Crippen LogP contribution >= 0.6 is 22.6 Å². The molecule has 0 aliphatic rings. The lowest BCUT2D eigenvalue weighted by Gasteiger charge is -2.10. The van der Waals surface area contributed by atoms with E-state index >= 15 is 0 Å². The van der Waals surface area contributed by atoms with Gasteiger partial charge in [-0.25, -0.2) is 20.8 Å². The second-order valence-electron chi connectivity index (χ2n) is 4.00. The van der Waals surface area contributed by atoms with Crippen molar-refractivity contribution >= 4 is 28.4 Å². The monoisotopic (exact) mass is 372 g/mol. The second-order valence-corrected chi connectivity index (χ2v) is 5.16. The number of nitrogen functional groups attached to an aromatic ring is 1. The highest BCUT2D eigenvalue weighted by atomic mass is 127. The van der Waals surface area contributed by atoms with Crippen LogP contribution in [0.5, 0.6) is 0 Å². The fraction of sp³-hybridized carbons (Fsp3) is 0.273. The molecular formula is C11H13IN6O. The lowest BCUT2D eigenvalue weighted by Crippen LogP contribution is -2.27. The van der Waals surface area contributed by atoms with Gasteiger partial charge in [0.05, 0.1) is 10.1 Å². The third kappa shape index (κ3) is 3.07. The molecule has 2 heterocycles. The van der Waals surface area contributed by atoms with Gasteiger partial charge in [0.15, 0.2) is 5.82 Å². The van der Waals surface area contributed by atoms with Crippen molar-refractivity contribution in [3.8, 4) is 0 Å². The number of rotatable bonds is 3. The third-order valence-electron chi connectivity index (χ3n) is 2.55. The normalized spacial score (nSPS) is 10.5. The first kappa shape index (κ1) is 13.9. The highest BCUT2D eigenvalue weighted by Crippen LogP contribution is 2.06. The average Bonchev–Trinajstić information content (AvgIpc) is 2.38. The van der Waals surface area contributed by atoms with E-state index in [1.165, 1.54) is 4.57 Å². The average molecular weight is 372 g/mol. The van der Waals surface area contributed by atoms with E-state index in [-0.39, 0.29) is 12.1 Å². The molecule has 0 aliphatic heterocycles. The van der Waals surface area contributed by atoms with Crippen molar-refractivity contribution in [1.29, 1.82) is 0 Å². The van der Waals surface area contributed by atoms with Gasteiger partial charge in [0.1, 0.15) is 11.6 Å². The van der Waals surface area contributed by atoms with E-state index in [9.17, 15) is 4.79 Å². The third-order valence-corrected chi connectivity index (χ3v) is 3.29. The molecule has 0 saturated carbocycles. The molecule has 0 atom stereocenters. The predicted molar refractivity (Wildman–Crippen MR) is 79.6 cm³/mol. The number of halogens is 1. The minimum atomic E-state index is -0.0968. The van der Waals surface area contributed by atoms with Crippen molar-refractivity contribution < 1.29 is 0 Å². The molecule has 0 spiro atoms. The Hall–Kier alpha value is -1.55. The quantitative estimate of drug-likeness (QED) is 0.465. The number of nitrogens with zero attached hydrogens (tertiary/aromatic N) is 4. The topological polar surface area (TPSA) is 98.7 Å². The molecule has 2 rings (SSSR count). The van der Waals surface area contributed by atoms with Crippen molar-refractivity contribution in [3.63, 3.8) is 0 Å². The summed E-state index contributed by atoms with van der Waals surface area (Å²) in [6.07, 6.45) is 1.55. The molecule has 0 saturated heterocycles. The number of hydrazine groups is 1. The molecule has 0 unspecified atom stereocenters. The van der Waals surface area contributed by atoms with Gasteiger partial charge in [0.2, 0.25) is 0 Å². The van der Waals surface area contributed by atoms with Gasteiger partial charge in [0, 0.05) is 18.0 Å². The van der Waals surface area contributed by atoms with Crippen LogP contribution in [0.15, 0.2) is 17.1 Å². The molecule has 19 heavy (non-hydrogen) atoms. The van der Waals surface area contributed by atoms with Crippen LogP contribution in [0.4, 0.5) is 5.82 Å². The summed E-state index contributed by atoms with van der Waals surface area (Å²) in [4.78, 5) is 24.7. The van der Waals surface area contributed by atoms with Crippen molar-refractivity contribution in [3.05, 3.63) is 43.5 Å². The van der Waals surface area contributed by atoms with Crippen molar-refractivity contribution in [2.24, 2.45) is 5.84 Å². The Morgan fingerprint density at radius 1 is 1.42 bits per heavy atom. The fourth-order valence-electron chi connectivity index (χ4n) is 1.65. The number of nitrogens with two attached hydrogens (primary N) is 1. The van der Waals surface area contributed by atoms with Crippen molar-refractivity contribution in [1.82, 2.24) is 19.5 Å². The summed E-state index contributed by atoms with van der Waals surface area (Å²) in [5, 5.41) is 0. The number of anilines is 1. The maximum absolute atomic E-state index is 12.1. The number of aromatic nitrogens is 4. The molecule has 0 aromatic carbocycles. The van der Waals surface area contributed by atoms with Gasteiger partial charge in [-0.05, 0) is 36.4 Å². The summed E-state index contributed by atoms with van der Waals surface area (Å²) in [5.41, 5.74) is 3.16. The van der Waals surface area contributed by atoms with Gasteiger partial charge in [-0.3, -0.25) is 9.36 Å². The highest BCUT2D eigenvalue weighted by molar-refractivity contribution is 14.1. The second kappa shape index (κ2) is 5.61. The Morgan fingerprint density at radius 3 is 2.84 bits per heavy atom. The van der Waals surface area contributed by atoms with Crippen LogP contribution in [-0.2, 0) is 6.54 Å². The summed E-state index contributed by atoms with van der Waals surface area (Å²) in [5.74, 6) is 7.00. The minimum Gasteiger partial charge on any atom is -0.308 e. The van der Waals surface area contributed by atoms with Crippen LogP contribution in [0.25, 0.3) is 0 Å². The summed E-state index contributed by atoms with van der Waals surface area (Å²) in [6, 6.07) is 1.73. The maximum Gasteiger partial charge on any atom is 0.267 e.